The molecule has 2 aliphatic rings. The van der Waals surface area contributed by atoms with Gasteiger partial charge in [0.05, 0.1) is 0 Å². The summed E-state index contributed by atoms with van der Waals surface area (Å²) in [4.78, 5) is 0. The zero-order valence-electron chi connectivity index (χ0n) is 18.7. The van der Waals surface area contributed by atoms with Crippen LogP contribution in [0.25, 0.3) is 10.8 Å². The number of hydrogen-bond donors (Lipinski definition) is 0. The van der Waals surface area contributed by atoms with Crippen LogP contribution in [0.2, 0.25) is 0 Å². The van der Waals surface area contributed by atoms with Crippen molar-refractivity contribution in [3.05, 3.63) is 66.6 Å². The zero-order valence-corrected chi connectivity index (χ0v) is 22.7. The minimum absolute atomic E-state index is 0.0185. The molecule has 0 bridgehead atoms. The molecule has 0 spiro atoms. The molecule has 2 aromatic rings. The molecule has 0 aliphatic heterocycles. The van der Waals surface area contributed by atoms with Gasteiger partial charge >= 0.3 is 35.6 Å². The Kier molecular flexibility index (Phi) is 12.3. The van der Waals surface area contributed by atoms with E-state index >= 15 is 0 Å². The molecule has 4 rings (SSSR count). The van der Waals surface area contributed by atoms with Crippen LogP contribution in [0.5, 0.6) is 0 Å². The summed E-state index contributed by atoms with van der Waals surface area (Å²) in [5.74, 6) is 2.48. The van der Waals surface area contributed by atoms with Crippen molar-refractivity contribution in [1.82, 2.24) is 0 Å². The molecule has 2 aliphatic carbocycles. The molecule has 2 aromatic carbocycles. The van der Waals surface area contributed by atoms with Crippen LogP contribution in [-0.2, 0) is 17.0 Å². The van der Waals surface area contributed by atoms with E-state index in [1.54, 1.807) is 10.9 Å². The Morgan fingerprint density at radius 1 is 1.10 bits per heavy atom. The molecule has 0 nitrogen and oxygen atoms in total. The van der Waals surface area contributed by atoms with Crippen LogP contribution in [0.4, 0.5) is 0 Å². The number of hydrogen-bond acceptors (Lipinski definition) is 0. The second-order valence-corrected chi connectivity index (χ2v) is 13.8. The first-order chi connectivity index (χ1) is 14.4. The van der Waals surface area contributed by atoms with E-state index in [4.69, 9.17) is 18.6 Å². The predicted octanol–water partition coefficient (Wildman–Crippen LogP) is 8.84. The van der Waals surface area contributed by atoms with Gasteiger partial charge in [-0.2, -0.15) is 6.07 Å². The fourth-order valence-corrected chi connectivity index (χ4v) is 7.13. The Morgan fingerprint density at radius 3 is 2.37 bits per heavy atom. The van der Waals surface area contributed by atoms with E-state index in [9.17, 15) is 0 Å². The molecule has 4 heteroatoms. The van der Waals surface area contributed by atoms with Crippen LogP contribution in [0, 0.1) is 24.2 Å². The van der Waals surface area contributed by atoms with Gasteiger partial charge in [-0.05, 0) is 36.5 Å². The van der Waals surface area contributed by atoms with Crippen molar-refractivity contribution in [2.45, 2.75) is 47.0 Å². The molecule has 0 radical (unpaired) electrons. The van der Waals surface area contributed by atoms with E-state index in [-0.39, 0.29) is 7.92 Å². The third kappa shape index (κ3) is 8.80. The number of benzene rings is 1. The average molecular weight is 497 g/mol. The van der Waals surface area contributed by atoms with Crippen molar-refractivity contribution in [2.75, 3.05) is 12.3 Å². The van der Waals surface area contributed by atoms with Crippen LogP contribution in [0.3, 0.4) is 0 Å². The van der Waals surface area contributed by atoms with Gasteiger partial charge in [-0.15, -0.1) is 58.9 Å². The Labute approximate surface area is 202 Å². The molecule has 164 valence electrons. The second-order valence-electron chi connectivity index (χ2n) is 8.92. The molecule has 0 heterocycles. The van der Waals surface area contributed by atoms with E-state index in [1.165, 1.54) is 42.4 Å². The normalized spacial score (nSPS) is 17.1. The van der Waals surface area contributed by atoms with Crippen molar-refractivity contribution < 1.29 is 17.0 Å². The van der Waals surface area contributed by atoms with Gasteiger partial charge in [-0.1, -0.05) is 48.1 Å². The number of rotatable bonds is 5. The van der Waals surface area contributed by atoms with Gasteiger partial charge in [0.1, 0.15) is 0 Å². The van der Waals surface area contributed by atoms with Gasteiger partial charge in [0.25, 0.3) is 0 Å². The monoisotopic (exact) mass is 496 g/mol. The van der Waals surface area contributed by atoms with Crippen molar-refractivity contribution in [2.24, 2.45) is 17.8 Å². The van der Waals surface area contributed by atoms with Gasteiger partial charge in [0.15, 0.2) is 0 Å². The Bertz CT molecular complexity index is 763. The van der Waals surface area contributed by atoms with Gasteiger partial charge in [0.2, 0.25) is 0 Å². The standard InChI is InChI=1S/C17H24P.C9H11.2ClH.Ti/c1-13(2)11-18(12-14(3)4)17-9-15-7-5-6-8-16(15)10-17;1-2-5-9-7-3-6-8(9)4-1;;;/h5-10,13-14H,11-12H2,1-4H3;1-2,4,6,9H,3,5,7H2;2*1H;/q2*-1;;;+2/p-2. The van der Waals surface area contributed by atoms with Crippen LogP contribution in [0.1, 0.15) is 47.0 Å². The summed E-state index contributed by atoms with van der Waals surface area (Å²) < 4.78 is 0. The quantitative estimate of drug-likeness (QED) is 0.220. The minimum atomic E-state index is -0.556. The van der Waals surface area contributed by atoms with Gasteiger partial charge < -0.3 is 0 Å². The SMILES string of the molecule is C1=CCC2CC[CH-]C2=C1.CC(C)CP(CC(C)C)c1cc2ccccc2[cH-]1.[Cl][Ti][Cl]. The number of fused-ring (bicyclic) bond motifs is 2. The van der Waals surface area contributed by atoms with Crippen molar-refractivity contribution in [3.63, 3.8) is 0 Å². The third-order valence-electron chi connectivity index (χ3n) is 5.35. The number of halogens is 2. The molecule has 1 atom stereocenters. The summed E-state index contributed by atoms with van der Waals surface area (Å²) in [7, 11) is 9.80. The number of allylic oxidation sites excluding steroid dienone is 4. The van der Waals surface area contributed by atoms with Crippen LogP contribution >= 0.6 is 26.5 Å². The van der Waals surface area contributed by atoms with E-state index in [0.29, 0.717) is 0 Å². The molecular weight excluding hydrogens is 462 g/mol. The molecule has 0 amide bonds. The maximum absolute atomic E-state index is 4.89. The van der Waals surface area contributed by atoms with E-state index in [1.807, 2.05) is 0 Å². The molecule has 0 saturated heterocycles. The zero-order chi connectivity index (χ0) is 21.9. The van der Waals surface area contributed by atoms with E-state index in [0.717, 1.165) is 17.8 Å². The van der Waals surface area contributed by atoms with Crippen molar-refractivity contribution in [1.29, 1.82) is 0 Å². The molecular formula is C26H35Cl2PTi-2. The predicted molar refractivity (Wildman–Crippen MR) is 136 cm³/mol. The second kappa shape index (κ2) is 14.1. The Balaban J connectivity index is 0.000000220. The van der Waals surface area contributed by atoms with Crippen molar-refractivity contribution in [3.8, 4) is 0 Å². The first-order valence-corrected chi connectivity index (χ1v) is 17.0. The first kappa shape index (κ1) is 26.2. The summed E-state index contributed by atoms with van der Waals surface area (Å²) >= 11 is -0.556. The van der Waals surface area contributed by atoms with Gasteiger partial charge in [-0.3, -0.25) is 0 Å². The summed E-state index contributed by atoms with van der Waals surface area (Å²) in [6.45, 7) is 9.38. The maximum atomic E-state index is 4.89. The van der Waals surface area contributed by atoms with E-state index in [2.05, 4.69) is 88.7 Å². The fourth-order valence-electron chi connectivity index (χ4n) is 4.15. The van der Waals surface area contributed by atoms with Crippen LogP contribution < -0.4 is 5.30 Å². The van der Waals surface area contributed by atoms with Crippen LogP contribution in [0.15, 0.2) is 60.2 Å². The average Bonchev–Trinajstić information content (AvgIpc) is 3.34. The summed E-state index contributed by atoms with van der Waals surface area (Å²) in [6.07, 6.45) is 15.8. The fraction of sp³-hybridized carbons (Fsp3) is 0.462. The summed E-state index contributed by atoms with van der Waals surface area (Å²) in [5.41, 5.74) is 1.58. The van der Waals surface area contributed by atoms with Gasteiger partial charge in [0, 0.05) is 0 Å². The van der Waals surface area contributed by atoms with Gasteiger partial charge in [-0.25, -0.2) is 18.1 Å². The van der Waals surface area contributed by atoms with E-state index < -0.39 is 17.0 Å². The molecule has 0 aromatic heterocycles. The molecule has 0 N–H and O–H groups in total. The first-order valence-electron chi connectivity index (χ1n) is 11.0. The third-order valence-corrected chi connectivity index (χ3v) is 8.68. The molecule has 1 unspecified atom stereocenters. The summed E-state index contributed by atoms with van der Waals surface area (Å²) in [5, 5.41) is 4.42. The Hall–Kier alpha value is -0.0957. The Morgan fingerprint density at radius 2 is 1.77 bits per heavy atom. The summed E-state index contributed by atoms with van der Waals surface area (Å²) in [6, 6.07) is 13.6. The molecule has 30 heavy (non-hydrogen) atoms. The topological polar surface area (TPSA) is 0 Å². The molecule has 1 saturated carbocycles. The van der Waals surface area contributed by atoms with Crippen LogP contribution in [-0.4, -0.2) is 12.3 Å². The van der Waals surface area contributed by atoms with Crippen molar-refractivity contribution >= 4 is 42.6 Å². The molecule has 1 fully saturated rings.